The number of carbonyl (C=O) groups excluding carboxylic acids is 1. The van der Waals surface area contributed by atoms with Crippen LogP contribution in [0.2, 0.25) is 0 Å². The molecule has 0 bridgehead atoms. The normalized spacial score (nSPS) is 17.0. The van der Waals surface area contributed by atoms with Gasteiger partial charge >= 0.3 is 0 Å². The summed E-state index contributed by atoms with van der Waals surface area (Å²) in [5.74, 6) is 0.758. The van der Waals surface area contributed by atoms with Gasteiger partial charge in [-0.05, 0) is 53.2 Å². The molecule has 2 aromatic rings. The van der Waals surface area contributed by atoms with Gasteiger partial charge in [-0.1, -0.05) is 18.2 Å². The highest BCUT2D eigenvalue weighted by molar-refractivity contribution is 8.18. The van der Waals surface area contributed by atoms with E-state index in [0.29, 0.717) is 28.2 Å². The lowest BCUT2D eigenvalue weighted by Crippen LogP contribution is -2.23. The second-order valence-electron chi connectivity index (χ2n) is 5.81. The van der Waals surface area contributed by atoms with Crippen LogP contribution in [-0.2, 0) is 11.4 Å². The number of nitrogens with zero attached hydrogens (tertiary/aromatic N) is 2. The molecule has 5 nitrogen and oxygen atoms in total. The molecule has 140 valence electrons. The molecule has 27 heavy (non-hydrogen) atoms. The summed E-state index contributed by atoms with van der Waals surface area (Å²) >= 11 is 1.33. The number of carbonyl (C=O) groups is 1. The van der Waals surface area contributed by atoms with E-state index in [9.17, 15) is 9.18 Å². The van der Waals surface area contributed by atoms with E-state index in [2.05, 4.69) is 4.99 Å². The molecule has 1 heterocycles. The zero-order valence-corrected chi connectivity index (χ0v) is 16.0. The van der Waals surface area contributed by atoms with Crippen LogP contribution in [0.1, 0.15) is 11.1 Å². The standard InChI is InChI=1S/C20H19FN2O3S/c1-22-20-23(2)19(24)18(27-20)11-14-6-9-16(17(10-14)25-3)26-12-13-4-7-15(21)8-5-13/h4-11H,12H2,1-3H3/b18-11-,22-20?. The molecule has 0 N–H and O–H groups in total. The average Bonchev–Trinajstić information content (AvgIpc) is 2.96. The Hall–Kier alpha value is -2.80. The molecular formula is C20H19FN2O3S. The first-order valence-electron chi connectivity index (χ1n) is 8.21. The Labute approximate surface area is 161 Å². The lowest BCUT2D eigenvalue weighted by molar-refractivity contribution is -0.121. The lowest BCUT2D eigenvalue weighted by Gasteiger charge is -2.11. The summed E-state index contributed by atoms with van der Waals surface area (Å²) < 4.78 is 24.2. The summed E-state index contributed by atoms with van der Waals surface area (Å²) in [6.07, 6.45) is 1.80. The highest BCUT2D eigenvalue weighted by atomic mass is 32.2. The van der Waals surface area contributed by atoms with E-state index in [1.54, 1.807) is 45.5 Å². The molecule has 1 saturated heterocycles. The van der Waals surface area contributed by atoms with Crippen LogP contribution < -0.4 is 9.47 Å². The van der Waals surface area contributed by atoms with Crippen LogP contribution in [0.25, 0.3) is 6.08 Å². The minimum atomic E-state index is -0.282. The number of benzene rings is 2. The first kappa shape index (κ1) is 19.0. The molecule has 1 aliphatic rings. The van der Waals surface area contributed by atoms with E-state index in [-0.39, 0.29) is 11.7 Å². The van der Waals surface area contributed by atoms with Gasteiger partial charge < -0.3 is 9.47 Å². The second-order valence-corrected chi connectivity index (χ2v) is 6.82. The molecule has 0 aromatic heterocycles. The largest absolute Gasteiger partial charge is 0.493 e. The molecule has 0 saturated carbocycles. The first-order chi connectivity index (χ1) is 13.0. The Morgan fingerprint density at radius 3 is 2.56 bits per heavy atom. The maximum Gasteiger partial charge on any atom is 0.266 e. The van der Waals surface area contributed by atoms with Crippen LogP contribution in [-0.4, -0.2) is 37.2 Å². The summed E-state index contributed by atoms with van der Waals surface area (Å²) in [6.45, 7) is 0.298. The fourth-order valence-corrected chi connectivity index (χ4v) is 3.46. The minimum Gasteiger partial charge on any atom is -0.493 e. The Bertz CT molecular complexity index is 910. The lowest BCUT2D eigenvalue weighted by atomic mass is 10.2. The van der Waals surface area contributed by atoms with Gasteiger partial charge in [0.25, 0.3) is 5.91 Å². The first-order valence-corrected chi connectivity index (χ1v) is 9.03. The van der Waals surface area contributed by atoms with Crippen LogP contribution in [0.15, 0.2) is 52.4 Å². The minimum absolute atomic E-state index is 0.0868. The number of methoxy groups -OCH3 is 1. The summed E-state index contributed by atoms with van der Waals surface area (Å²) in [7, 11) is 4.92. The molecule has 0 unspecified atom stereocenters. The molecule has 1 fully saturated rings. The topological polar surface area (TPSA) is 51.1 Å². The predicted octanol–water partition coefficient (Wildman–Crippen LogP) is 3.95. The fourth-order valence-electron chi connectivity index (χ4n) is 2.54. The molecule has 0 atom stereocenters. The van der Waals surface area contributed by atoms with Crippen molar-refractivity contribution in [3.63, 3.8) is 0 Å². The van der Waals surface area contributed by atoms with Crippen molar-refractivity contribution >= 4 is 28.9 Å². The van der Waals surface area contributed by atoms with Crippen molar-refractivity contribution < 1.29 is 18.7 Å². The van der Waals surface area contributed by atoms with Gasteiger partial charge in [0.05, 0.1) is 12.0 Å². The monoisotopic (exact) mass is 386 g/mol. The SMILES string of the molecule is CN=C1S/C(=C\c2ccc(OCc3ccc(F)cc3)c(OC)c2)C(=O)N1C. The summed E-state index contributed by atoms with van der Waals surface area (Å²) in [4.78, 5) is 18.5. The van der Waals surface area contributed by atoms with Gasteiger partial charge in [-0.15, -0.1) is 0 Å². The van der Waals surface area contributed by atoms with Gasteiger partial charge in [0.1, 0.15) is 12.4 Å². The Balaban J connectivity index is 1.77. The number of ether oxygens (including phenoxy) is 2. The van der Waals surface area contributed by atoms with Crippen molar-refractivity contribution in [2.75, 3.05) is 21.2 Å². The maximum absolute atomic E-state index is 13.0. The average molecular weight is 386 g/mol. The van der Waals surface area contributed by atoms with Crippen LogP contribution in [0.5, 0.6) is 11.5 Å². The number of likely N-dealkylation sites (N-methyl/N-ethyl adjacent to an activating group) is 1. The zero-order valence-electron chi connectivity index (χ0n) is 15.2. The van der Waals surface area contributed by atoms with Gasteiger partial charge in [-0.2, -0.15) is 0 Å². The van der Waals surface area contributed by atoms with Gasteiger partial charge in [0.15, 0.2) is 16.7 Å². The third-order valence-electron chi connectivity index (χ3n) is 3.99. The number of halogens is 1. The smallest absolute Gasteiger partial charge is 0.266 e. The number of aliphatic imine (C=N–C) groups is 1. The predicted molar refractivity (Wildman–Crippen MR) is 105 cm³/mol. The Kier molecular flexibility index (Phi) is 5.81. The van der Waals surface area contributed by atoms with Crippen molar-refractivity contribution in [3.8, 4) is 11.5 Å². The van der Waals surface area contributed by atoms with Crippen LogP contribution in [0.4, 0.5) is 4.39 Å². The summed E-state index contributed by atoms with van der Waals surface area (Å²) in [5.41, 5.74) is 1.68. The van der Waals surface area contributed by atoms with E-state index >= 15 is 0 Å². The summed E-state index contributed by atoms with van der Waals surface area (Å²) in [5, 5.41) is 0.664. The van der Waals surface area contributed by atoms with E-state index in [1.807, 2.05) is 12.1 Å². The van der Waals surface area contributed by atoms with Gasteiger partial charge in [0, 0.05) is 14.1 Å². The van der Waals surface area contributed by atoms with E-state index in [4.69, 9.17) is 9.47 Å². The molecule has 3 rings (SSSR count). The van der Waals surface area contributed by atoms with Gasteiger partial charge in [-0.3, -0.25) is 14.7 Å². The van der Waals surface area contributed by atoms with Crippen LogP contribution in [0.3, 0.4) is 0 Å². The van der Waals surface area contributed by atoms with Gasteiger partial charge in [-0.25, -0.2) is 4.39 Å². The molecule has 7 heteroatoms. The molecule has 1 amide bonds. The molecule has 0 spiro atoms. The van der Waals surface area contributed by atoms with E-state index in [1.165, 1.54) is 28.8 Å². The highest BCUT2D eigenvalue weighted by Gasteiger charge is 2.29. The molecule has 1 aliphatic heterocycles. The molecule has 0 radical (unpaired) electrons. The number of hydrogen-bond donors (Lipinski definition) is 0. The van der Waals surface area contributed by atoms with Gasteiger partial charge in [0.2, 0.25) is 0 Å². The quantitative estimate of drug-likeness (QED) is 0.731. The second kappa shape index (κ2) is 8.26. The van der Waals surface area contributed by atoms with Crippen molar-refractivity contribution in [1.82, 2.24) is 4.90 Å². The number of amides is 1. The van der Waals surface area contributed by atoms with Crippen molar-refractivity contribution in [1.29, 1.82) is 0 Å². The van der Waals surface area contributed by atoms with Crippen molar-refractivity contribution in [3.05, 3.63) is 64.3 Å². The fraction of sp³-hybridized carbons (Fsp3) is 0.200. The van der Waals surface area contributed by atoms with E-state index in [0.717, 1.165) is 11.1 Å². The third-order valence-corrected chi connectivity index (χ3v) is 5.14. The molecule has 0 aliphatic carbocycles. The zero-order chi connectivity index (χ0) is 19.4. The highest BCUT2D eigenvalue weighted by Crippen LogP contribution is 2.34. The van der Waals surface area contributed by atoms with Crippen LogP contribution in [0, 0.1) is 5.82 Å². The summed E-state index contributed by atoms with van der Waals surface area (Å²) in [6, 6.07) is 11.6. The van der Waals surface area contributed by atoms with Crippen LogP contribution >= 0.6 is 11.8 Å². The number of amidine groups is 1. The van der Waals surface area contributed by atoms with Crippen molar-refractivity contribution in [2.24, 2.45) is 4.99 Å². The Morgan fingerprint density at radius 1 is 1.19 bits per heavy atom. The van der Waals surface area contributed by atoms with E-state index < -0.39 is 0 Å². The van der Waals surface area contributed by atoms with Crippen molar-refractivity contribution in [2.45, 2.75) is 6.61 Å². The molecule has 2 aromatic carbocycles. The maximum atomic E-state index is 13.0. The number of hydrogen-bond acceptors (Lipinski definition) is 5. The number of rotatable bonds is 5. The number of thioether (sulfide) groups is 1. The third kappa shape index (κ3) is 4.31. The Morgan fingerprint density at radius 2 is 1.93 bits per heavy atom. The molecular weight excluding hydrogens is 367 g/mol.